The van der Waals surface area contributed by atoms with Gasteiger partial charge in [0.1, 0.15) is 0 Å². The Hall–Kier alpha value is -2.90. The summed E-state index contributed by atoms with van der Waals surface area (Å²) in [6.45, 7) is 7.82. The molecule has 1 saturated heterocycles. The van der Waals surface area contributed by atoms with E-state index in [0.29, 0.717) is 24.0 Å². The zero-order valence-corrected chi connectivity index (χ0v) is 20.6. The molecule has 8 nitrogen and oxygen atoms in total. The zero-order valence-electron chi connectivity index (χ0n) is 20.6. The fourth-order valence-corrected chi connectivity index (χ4v) is 3.97. The summed E-state index contributed by atoms with van der Waals surface area (Å²) in [7, 11) is 3.26. The van der Waals surface area contributed by atoms with Crippen LogP contribution in [0.2, 0.25) is 0 Å². The average Bonchev–Trinajstić information content (AvgIpc) is 2.81. The number of aryl methyl sites for hydroxylation is 1. The Balaban J connectivity index is 0.000000210. The molecule has 1 saturated carbocycles. The SMILES string of the molecule is CCC.CN1CCN(C(=O)C2CCCCC2)CC1=O.Cc1ccc2[nH]c(=O)n(C)c(=O)c2c1. The molecule has 2 aromatic rings. The molecule has 0 bridgehead atoms. The molecule has 1 N–H and O–H groups in total. The molecule has 2 fully saturated rings. The van der Waals surface area contributed by atoms with Crippen LogP contribution in [0.3, 0.4) is 0 Å². The summed E-state index contributed by atoms with van der Waals surface area (Å²) in [4.78, 5) is 52.7. The van der Waals surface area contributed by atoms with Crippen LogP contribution in [0.5, 0.6) is 0 Å². The van der Waals surface area contributed by atoms with Gasteiger partial charge in [0.15, 0.2) is 0 Å². The highest BCUT2D eigenvalue weighted by molar-refractivity contribution is 5.87. The van der Waals surface area contributed by atoms with Gasteiger partial charge in [-0.3, -0.25) is 19.0 Å². The minimum absolute atomic E-state index is 0.0652. The fraction of sp³-hybridized carbons (Fsp3) is 0.600. The van der Waals surface area contributed by atoms with Gasteiger partial charge in [-0.1, -0.05) is 51.2 Å². The number of hydrogen-bond acceptors (Lipinski definition) is 4. The molecule has 1 aliphatic carbocycles. The molecule has 4 rings (SSSR count). The number of carbonyl (C=O) groups is 2. The molecule has 0 atom stereocenters. The molecule has 0 spiro atoms. The third-order valence-corrected chi connectivity index (χ3v) is 5.98. The van der Waals surface area contributed by atoms with Crippen molar-refractivity contribution in [1.29, 1.82) is 0 Å². The van der Waals surface area contributed by atoms with Gasteiger partial charge in [0.25, 0.3) is 5.56 Å². The van der Waals surface area contributed by atoms with Crippen LogP contribution >= 0.6 is 0 Å². The van der Waals surface area contributed by atoms with E-state index in [2.05, 4.69) is 18.8 Å². The molecule has 1 aromatic heterocycles. The fourth-order valence-electron chi connectivity index (χ4n) is 3.97. The maximum atomic E-state index is 12.2. The monoisotopic (exact) mass is 458 g/mol. The van der Waals surface area contributed by atoms with Gasteiger partial charge in [-0.15, -0.1) is 0 Å². The van der Waals surface area contributed by atoms with Crippen LogP contribution in [0, 0.1) is 12.8 Å². The first-order valence-electron chi connectivity index (χ1n) is 11.9. The lowest BCUT2D eigenvalue weighted by Crippen LogP contribution is -2.52. The van der Waals surface area contributed by atoms with Gasteiger partial charge < -0.3 is 14.8 Å². The molecule has 2 amide bonds. The van der Waals surface area contributed by atoms with Crippen molar-refractivity contribution in [1.82, 2.24) is 19.4 Å². The van der Waals surface area contributed by atoms with Gasteiger partial charge >= 0.3 is 5.69 Å². The lowest BCUT2D eigenvalue weighted by atomic mass is 9.88. The lowest BCUT2D eigenvalue weighted by Gasteiger charge is -2.35. The van der Waals surface area contributed by atoms with E-state index in [1.807, 2.05) is 13.0 Å². The largest absolute Gasteiger partial charge is 0.342 e. The van der Waals surface area contributed by atoms with Gasteiger partial charge in [0.05, 0.1) is 17.4 Å². The van der Waals surface area contributed by atoms with E-state index in [4.69, 9.17) is 0 Å². The molecule has 1 aromatic carbocycles. The normalized spacial score (nSPS) is 16.6. The number of rotatable bonds is 1. The summed E-state index contributed by atoms with van der Waals surface area (Å²) in [6, 6.07) is 5.37. The van der Waals surface area contributed by atoms with Crippen molar-refractivity contribution in [3.8, 4) is 0 Å². The molecule has 2 aliphatic rings. The van der Waals surface area contributed by atoms with Crippen molar-refractivity contribution in [2.75, 3.05) is 26.7 Å². The van der Waals surface area contributed by atoms with Crippen molar-refractivity contribution in [2.45, 2.75) is 59.3 Å². The third kappa shape index (κ3) is 7.04. The van der Waals surface area contributed by atoms with Gasteiger partial charge in [0, 0.05) is 33.1 Å². The number of carbonyl (C=O) groups excluding carboxylic acids is 2. The number of amides is 2. The number of nitrogens with one attached hydrogen (secondary N) is 1. The molecular formula is C25H38N4O4. The van der Waals surface area contributed by atoms with E-state index in [1.165, 1.54) is 19.9 Å². The van der Waals surface area contributed by atoms with E-state index in [-0.39, 0.29) is 35.5 Å². The van der Waals surface area contributed by atoms with Crippen LogP contribution in [0.1, 0.15) is 57.9 Å². The summed E-state index contributed by atoms with van der Waals surface area (Å²) in [6.07, 6.45) is 6.86. The van der Waals surface area contributed by atoms with Gasteiger partial charge in [-0.2, -0.15) is 0 Å². The number of fused-ring (bicyclic) bond motifs is 1. The number of benzene rings is 1. The number of H-pyrrole nitrogens is 1. The Kier molecular flexibility index (Phi) is 9.88. The van der Waals surface area contributed by atoms with Crippen LogP contribution < -0.4 is 11.2 Å². The predicted octanol–water partition coefficient (Wildman–Crippen LogP) is 2.82. The second-order valence-electron chi connectivity index (χ2n) is 8.96. The van der Waals surface area contributed by atoms with Crippen molar-refractivity contribution in [2.24, 2.45) is 13.0 Å². The number of aromatic nitrogens is 2. The number of piperazine rings is 1. The molecule has 0 radical (unpaired) electrons. The highest BCUT2D eigenvalue weighted by atomic mass is 16.2. The molecule has 8 heteroatoms. The first-order valence-corrected chi connectivity index (χ1v) is 11.9. The number of nitrogens with zero attached hydrogens (tertiary/aromatic N) is 3. The van der Waals surface area contributed by atoms with Gasteiger partial charge in [-0.25, -0.2) is 4.79 Å². The minimum Gasteiger partial charge on any atom is -0.342 e. The highest BCUT2D eigenvalue weighted by Gasteiger charge is 2.30. The second-order valence-corrected chi connectivity index (χ2v) is 8.96. The molecule has 33 heavy (non-hydrogen) atoms. The first kappa shape index (κ1) is 26.4. The summed E-state index contributed by atoms with van der Waals surface area (Å²) < 4.78 is 1.07. The van der Waals surface area contributed by atoms with E-state index in [0.717, 1.165) is 35.8 Å². The molecule has 182 valence electrons. The Bertz CT molecular complexity index is 1070. The number of hydrogen-bond donors (Lipinski definition) is 1. The average molecular weight is 459 g/mol. The first-order chi connectivity index (χ1) is 15.7. The van der Waals surface area contributed by atoms with E-state index < -0.39 is 0 Å². The predicted molar refractivity (Wildman–Crippen MR) is 131 cm³/mol. The minimum atomic E-state index is -0.383. The Morgan fingerprint density at radius 2 is 1.67 bits per heavy atom. The van der Waals surface area contributed by atoms with Crippen molar-refractivity contribution in [3.05, 3.63) is 44.6 Å². The Labute approximate surface area is 195 Å². The molecule has 0 unspecified atom stereocenters. The second kappa shape index (κ2) is 12.4. The molecular weight excluding hydrogens is 420 g/mol. The van der Waals surface area contributed by atoms with Crippen molar-refractivity contribution < 1.29 is 9.59 Å². The zero-order chi connectivity index (χ0) is 24.5. The van der Waals surface area contributed by atoms with Crippen molar-refractivity contribution in [3.63, 3.8) is 0 Å². The molecule has 1 aliphatic heterocycles. The Morgan fingerprint density at radius 3 is 2.27 bits per heavy atom. The smallest absolute Gasteiger partial charge is 0.328 e. The highest BCUT2D eigenvalue weighted by Crippen LogP contribution is 2.25. The maximum Gasteiger partial charge on any atom is 0.328 e. The van der Waals surface area contributed by atoms with Crippen LogP contribution in [-0.2, 0) is 16.6 Å². The topological polar surface area (TPSA) is 95.5 Å². The van der Waals surface area contributed by atoms with Crippen molar-refractivity contribution >= 4 is 22.7 Å². The summed E-state index contributed by atoms with van der Waals surface area (Å²) >= 11 is 0. The van der Waals surface area contributed by atoms with Crippen LogP contribution in [0.15, 0.2) is 27.8 Å². The summed E-state index contributed by atoms with van der Waals surface area (Å²) in [5.41, 5.74) is 0.948. The molecule has 2 heterocycles. The number of aromatic amines is 1. The summed E-state index contributed by atoms with van der Waals surface area (Å²) in [5.74, 6) is 0.460. The van der Waals surface area contributed by atoms with Crippen LogP contribution in [-0.4, -0.2) is 57.8 Å². The summed E-state index contributed by atoms with van der Waals surface area (Å²) in [5, 5.41) is 0.548. The lowest BCUT2D eigenvalue weighted by molar-refractivity contribution is -0.147. The maximum absolute atomic E-state index is 12.2. The van der Waals surface area contributed by atoms with E-state index in [1.54, 1.807) is 29.0 Å². The van der Waals surface area contributed by atoms with Crippen LogP contribution in [0.25, 0.3) is 10.9 Å². The van der Waals surface area contributed by atoms with E-state index >= 15 is 0 Å². The van der Waals surface area contributed by atoms with Gasteiger partial charge in [-0.05, 0) is 31.9 Å². The van der Waals surface area contributed by atoms with Crippen LogP contribution in [0.4, 0.5) is 0 Å². The van der Waals surface area contributed by atoms with E-state index in [9.17, 15) is 19.2 Å². The van der Waals surface area contributed by atoms with Gasteiger partial charge in [0.2, 0.25) is 11.8 Å². The number of likely N-dealkylation sites (N-methyl/N-ethyl adjacent to an activating group) is 1. The standard InChI is InChI=1S/C12H20N2O2.C10H10N2O2.C3H8/c1-13-7-8-14(9-11(13)15)12(16)10-5-3-2-4-6-10;1-6-3-4-8-7(5-6)9(13)12(2)10(14)11-8;1-3-2/h10H,2-9H2,1H3;3-5H,1-2H3,(H,11,14);3H2,1-2H3. The quantitative estimate of drug-likeness (QED) is 0.711. The Morgan fingerprint density at radius 1 is 1.03 bits per heavy atom. The third-order valence-electron chi connectivity index (χ3n) is 5.98.